The van der Waals surface area contributed by atoms with Gasteiger partial charge >= 0.3 is 5.97 Å². The van der Waals surface area contributed by atoms with Gasteiger partial charge in [0.15, 0.2) is 5.65 Å². The van der Waals surface area contributed by atoms with Crippen LogP contribution in [-0.2, 0) is 4.74 Å². The Morgan fingerprint density at radius 3 is 2.85 bits per heavy atom. The number of aromatic nitrogens is 3. The lowest BCUT2D eigenvalue weighted by molar-refractivity contribution is 0.0602. The van der Waals surface area contributed by atoms with Gasteiger partial charge in [-0.05, 0) is 30.5 Å². The number of carbonyl (C=O) groups excluding carboxylic acids is 2. The summed E-state index contributed by atoms with van der Waals surface area (Å²) < 4.78 is 6.42. The predicted molar refractivity (Wildman–Crippen MR) is 105 cm³/mol. The first kappa shape index (κ1) is 17.4. The fraction of sp³-hybridized carbons (Fsp3) is 0.111. The number of hydrogen-bond acceptors (Lipinski definition) is 7. The van der Waals surface area contributed by atoms with Crippen molar-refractivity contribution in [3.8, 4) is 10.6 Å². The van der Waals surface area contributed by atoms with E-state index in [4.69, 9.17) is 4.74 Å². The monoisotopic (exact) mass is 398 g/mol. The van der Waals surface area contributed by atoms with Gasteiger partial charge in [-0.1, -0.05) is 6.07 Å². The number of anilines is 1. The number of ether oxygens (including phenoxy) is 1. The number of rotatable bonds is 4. The Labute approximate surface area is 162 Å². The second-order valence-electron chi connectivity index (χ2n) is 5.65. The zero-order chi connectivity index (χ0) is 19.0. The van der Waals surface area contributed by atoms with E-state index < -0.39 is 5.97 Å². The summed E-state index contributed by atoms with van der Waals surface area (Å²) in [6.07, 6.45) is 3.13. The number of esters is 1. The molecular formula is C18H14N4O3S2. The Kier molecular flexibility index (Phi) is 4.46. The summed E-state index contributed by atoms with van der Waals surface area (Å²) >= 11 is 2.89. The number of aryl methyl sites for hydroxylation is 1. The van der Waals surface area contributed by atoms with Gasteiger partial charge in [0.25, 0.3) is 5.91 Å². The Hall–Kier alpha value is -3.04. The van der Waals surface area contributed by atoms with Gasteiger partial charge in [0.1, 0.15) is 10.6 Å². The van der Waals surface area contributed by atoms with Crippen molar-refractivity contribution in [2.75, 3.05) is 12.4 Å². The third kappa shape index (κ3) is 3.11. The van der Waals surface area contributed by atoms with Crippen molar-refractivity contribution in [3.05, 3.63) is 58.0 Å². The summed E-state index contributed by atoms with van der Waals surface area (Å²) in [5.74, 6) is -0.875. The van der Waals surface area contributed by atoms with Crippen molar-refractivity contribution in [1.29, 1.82) is 0 Å². The van der Waals surface area contributed by atoms with E-state index in [1.54, 1.807) is 28.1 Å². The molecule has 0 unspecified atom stereocenters. The zero-order valence-corrected chi connectivity index (χ0v) is 16.1. The largest absolute Gasteiger partial charge is 0.465 e. The molecule has 0 aliphatic rings. The normalized spacial score (nSPS) is 10.9. The highest BCUT2D eigenvalue weighted by atomic mass is 32.1. The molecule has 0 atom stereocenters. The molecule has 27 heavy (non-hydrogen) atoms. The van der Waals surface area contributed by atoms with Gasteiger partial charge in [-0.2, -0.15) is 5.10 Å². The molecule has 0 saturated carbocycles. The van der Waals surface area contributed by atoms with Crippen molar-refractivity contribution in [2.45, 2.75) is 6.92 Å². The van der Waals surface area contributed by atoms with Crippen LogP contribution in [0.25, 0.3) is 16.2 Å². The fourth-order valence-corrected chi connectivity index (χ4v) is 4.33. The quantitative estimate of drug-likeness (QED) is 0.528. The van der Waals surface area contributed by atoms with E-state index in [9.17, 15) is 9.59 Å². The highest BCUT2D eigenvalue weighted by Gasteiger charge is 2.21. The van der Waals surface area contributed by atoms with E-state index in [2.05, 4.69) is 15.4 Å². The first-order valence-corrected chi connectivity index (χ1v) is 9.65. The van der Waals surface area contributed by atoms with Crippen LogP contribution in [0.1, 0.15) is 25.6 Å². The maximum absolute atomic E-state index is 12.8. The molecule has 0 bridgehead atoms. The molecule has 0 radical (unpaired) electrons. The van der Waals surface area contributed by atoms with Crippen LogP contribution < -0.4 is 5.32 Å². The van der Waals surface area contributed by atoms with E-state index in [-0.39, 0.29) is 5.91 Å². The van der Waals surface area contributed by atoms with Gasteiger partial charge in [0.05, 0.1) is 29.4 Å². The van der Waals surface area contributed by atoms with Crippen LogP contribution in [0, 0.1) is 6.92 Å². The summed E-state index contributed by atoms with van der Waals surface area (Å²) in [4.78, 5) is 31.0. The number of thiophene rings is 2. The van der Waals surface area contributed by atoms with Gasteiger partial charge in [0, 0.05) is 11.1 Å². The number of nitrogens with one attached hydrogen (secondary N) is 1. The average Bonchev–Trinajstić information content (AvgIpc) is 3.40. The number of methoxy groups -OCH3 is 1. The molecule has 0 aliphatic carbocycles. The lowest BCUT2D eigenvalue weighted by Gasteiger charge is -2.05. The molecule has 0 saturated heterocycles. The average molecular weight is 398 g/mol. The topological polar surface area (TPSA) is 85.6 Å². The molecule has 4 heterocycles. The molecule has 0 aliphatic heterocycles. The lowest BCUT2D eigenvalue weighted by Crippen LogP contribution is -2.14. The number of hydrogen-bond donors (Lipinski definition) is 1. The summed E-state index contributed by atoms with van der Waals surface area (Å²) in [6.45, 7) is 1.86. The van der Waals surface area contributed by atoms with Crippen LogP contribution in [0.4, 0.5) is 5.00 Å². The van der Waals surface area contributed by atoms with Crippen LogP contribution in [-0.4, -0.2) is 33.6 Å². The Balaban J connectivity index is 1.71. The maximum atomic E-state index is 12.8. The standard InChI is InChI=1S/C18H14N4O3S2/c1-10-8-11(18(24)25-2)17(27-10)21-16(23)12-9-20-22-13(5-6-19-15(12)22)14-4-3-7-26-14/h3-9H,1-2H3,(H,21,23). The predicted octanol–water partition coefficient (Wildman–Crippen LogP) is 3.87. The number of carbonyl (C=O) groups is 2. The van der Waals surface area contributed by atoms with Crippen molar-refractivity contribution < 1.29 is 14.3 Å². The number of nitrogens with zero attached hydrogens (tertiary/aromatic N) is 3. The van der Waals surface area contributed by atoms with E-state index in [0.29, 0.717) is 21.8 Å². The molecule has 0 spiro atoms. The van der Waals surface area contributed by atoms with Crippen LogP contribution in [0.15, 0.2) is 42.0 Å². The highest BCUT2D eigenvalue weighted by molar-refractivity contribution is 7.16. The Bertz CT molecular complexity index is 1150. The van der Waals surface area contributed by atoms with Crippen molar-refractivity contribution in [1.82, 2.24) is 14.6 Å². The smallest absolute Gasteiger partial charge is 0.340 e. The molecule has 136 valence electrons. The number of fused-ring (bicyclic) bond motifs is 1. The van der Waals surface area contributed by atoms with Gasteiger partial charge in [-0.25, -0.2) is 14.3 Å². The Morgan fingerprint density at radius 2 is 2.11 bits per heavy atom. The first-order chi connectivity index (χ1) is 13.1. The molecule has 9 heteroatoms. The van der Waals surface area contributed by atoms with Gasteiger partial charge in [-0.3, -0.25) is 4.79 Å². The fourth-order valence-electron chi connectivity index (χ4n) is 2.70. The molecule has 4 aromatic heterocycles. The van der Waals surface area contributed by atoms with Gasteiger partial charge in [-0.15, -0.1) is 22.7 Å². The van der Waals surface area contributed by atoms with Crippen LogP contribution in [0.3, 0.4) is 0 Å². The SMILES string of the molecule is COC(=O)c1cc(C)sc1NC(=O)c1cnn2c(-c3cccs3)ccnc12. The first-order valence-electron chi connectivity index (χ1n) is 7.95. The molecule has 1 N–H and O–H groups in total. The molecule has 0 fully saturated rings. The number of amides is 1. The summed E-state index contributed by atoms with van der Waals surface area (Å²) in [7, 11) is 1.31. The molecule has 0 aromatic carbocycles. The van der Waals surface area contributed by atoms with Gasteiger partial charge in [0.2, 0.25) is 0 Å². The summed E-state index contributed by atoms with van der Waals surface area (Å²) in [5, 5.41) is 9.53. The minimum Gasteiger partial charge on any atom is -0.465 e. The second kappa shape index (κ2) is 6.93. The van der Waals surface area contributed by atoms with Crippen molar-refractivity contribution in [2.24, 2.45) is 0 Å². The molecule has 1 amide bonds. The van der Waals surface area contributed by atoms with Crippen LogP contribution in [0.5, 0.6) is 0 Å². The van der Waals surface area contributed by atoms with E-state index >= 15 is 0 Å². The highest BCUT2D eigenvalue weighted by Crippen LogP contribution is 2.29. The van der Waals surface area contributed by atoms with Gasteiger partial charge < -0.3 is 10.1 Å². The molecular weight excluding hydrogens is 384 g/mol. The maximum Gasteiger partial charge on any atom is 0.340 e. The minimum absolute atomic E-state index is 0.329. The molecule has 7 nitrogen and oxygen atoms in total. The molecule has 4 rings (SSSR count). The van der Waals surface area contributed by atoms with E-state index in [0.717, 1.165) is 15.4 Å². The minimum atomic E-state index is -0.493. The van der Waals surface area contributed by atoms with Crippen molar-refractivity contribution >= 4 is 45.2 Å². The lowest BCUT2D eigenvalue weighted by atomic mass is 10.2. The van der Waals surface area contributed by atoms with E-state index in [1.807, 2.05) is 30.5 Å². The van der Waals surface area contributed by atoms with Crippen molar-refractivity contribution in [3.63, 3.8) is 0 Å². The molecule has 4 aromatic rings. The third-order valence-corrected chi connectivity index (χ3v) is 5.77. The third-order valence-electron chi connectivity index (χ3n) is 3.91. The van der Waals surface area contributed by atoms with Crippen LogP contribution >= 0.6 is 22.7 Å². The van der Waals surface area contributed by atoms with E-state index in [1.165, 1.54) is 24.6 Å². The second-order valence-corrected chi connectivity index (χ2v) is 7.85. The zero-order valence-electron chi connectivity index (χ0n) is 14.4. The Morgan fingerprint density at radius 1 is 1.26 bits per heavy atom. The van der Waals surface area contributed by atoms with Crippen LogP contribution in [0.2, 0.25) is 0 Å². The summed E-state index contributed by atoms with van der Waals surface area (Å²) in [6, 6.07) is 7.48. The summed E-state index contributed by atoms with van der Waals surface area (Å²) in [5.41, 5.74) is 1.97.